The first-order valence-corrected chi connectivity index (χ1v) is 8.99. The summed E-state index contributed by atoms with van der Waals surface area (Å²) in [6, 6.07) is 13.9. The summed E-state index contributed by atoms with van der Waals surface area (Å²) in [5.74, 6) is -1.22. The lowest BCUT2D eigenvalue weighted by Gasteiger charge is -2.20. The molecule has 2 atom stereocenters. The summed E-state index contributed by atoms with van der Waals surface area (Å²) in [7, 11) is 0. The second-order valence-electron chi connectivity index (χ2n) is 6.09. The van der Waals surface area contributed by atoms with E-state index >= 15 is 0 Å². The highest BCUT2D eigenvalue weighted by Gasteiger charge is 2.55. The molecule has 2 heterocycles. The Labute approximate surface area is 163 Å². The molecular weight excluding hydrogens is 414 g/mol. The molecule has 0 bridgehead atoms. The standard InChI is InChI=1S/C18H14BrN5O3/c19-11-6-8-12(9-7-11)20-14(25)10-23-16-15(21-22-23)17(26)24(18(16)27)13-4-2-1-3-5-13/h1-9,15-16H,10H2,(H,20,25)/t15-,16+/m1/s1. The zero-order valence-electron chi connectivity index (χ0n) is 13.9. The maximum absolute atomic E-state index is 12.8. The van der Waals surface area contributed by atoms with E-state index < -0.39 is 23.9 Å². The van der Waals surface area contributed by atoms with E-state index in [1.807, 2.05) is 0 Å². The van der Waals surface area contributed by atoms with Crippen molar-refractivity contribution in [2.45, 2.75) is 12.1 Å². The average molecular weight is 428 g/mol. The molecule has 27 heavy (non-hydrogen) atoms. The number of carbonyl (C=O) groups excluding carboxylic acids is 3. The predicted molar refractivity (Wildman–Crippen MR) is 101 cm³/mol. The van der Waals surface area contributed by atoms with Crippen LogP contribution in [0.25, 0.3) is 0 Å². The Bertz CT molecular complexity index is 932. The van der Waals surface area contributed by atoms with Gasteiger partial charge in [0.2, 0.25) is 5.91 Å². The predicted octanol–water partition coefficient (Wildman–Crippen LogP) is 2.38. The van der Waals surface area contributed by atoms with Crippen molar-refractivity contribution in [1.82, 2.24) is 5.01 Å². The Hall–Kier alpha value is -3.07. The van der Waals surface area contributed by atoms with Crippen LogP contribution in [0.4, 0.5) is 11.4 Å². The molecule has 2 aliphatic heterocycles. The average Bonchev–Trinajstić information content (AvgIpc) is 3.18. The largest absolute Gasteiger partial charge is 0.324 e. The minimum Gasteiger partial charge on any atom is -0.324 e. The number of imide groups is 1. The van der Waals surface area contributed by atoms with Gasteiger partial charge in [-0.25, -0.2) is 4.90 Å². The van der Waals surface area contributed by atoms with Gasteiger partial charge in [0.25, 0.3) is 11.8 Å². The molecule has 1 fully saturated rings. The first kappa shape index (κ1) is 17.3. The fourth-order valence-corrected chi connectivity index (χ4v) is 3.33. The maximum Gasteiger partial charge on any atom is 0.263 e. The van der Waals surface area contributed by atoms with E-state index in [0.717, 1.165) is 9.37 Å². The van der Waals surface area contributed by atoms with Gasteiger partial charge in [-0.15, -0.1) is 0 Å². The highest BCUT2D eigenvalue weighted by molar-refractivity contribution is 9.10. The summed E-state index contributed by atoms with van der Waals surface area (Å²) < 4.78 is 0.896. The van der Waals surface area contributed by atoms with Crippen LogP contribution in [-0.4, -0.2) is 41.4 Å². The van der Waals surface area contributed by atoms with Crippen LogP contribution in [0, 0.1) is 0 Å². The summed E-state index contributed by atoms with van der Waals surface area (Å²) in [5.41, 5.74) is 1.10. The Kier molecular flexibility index (Phi) is 4.44. The van der Waals surface area contributed by atoms with E-state index in [1.165, 1.54) is 5.01 Å². The van der Waals surface area contributed by atoms with Gasteiger partial charge in [-0.05, 0) is 36.4 Å². The lowest BCUT2D eigenvalue weighted by atomic mass is 10.1. The number of nitrogens with one attached hydrogen (secondary N) is 1. The first-order chi connectivity index (χ1) is 13.0. The molecule has 3 amide bonds. The molecule has 136 valence electrons. The van der Waals surface area contributed by atoms with Crippen LogP contribution in [0.15, 0.2) is 69.4 Å². The maximum atomic E-state index is 12.8. The number of anilines is 2. The van der Waals surface area contributed by atoms with Gasteiger partial charge in [0.15, 0.2) is 12.1 Å². The van der Waals surface area contributed by atoms with Crippen LogP contribution in [-0.2, 0) is 14.4 Å². The smallest absolute Gasteiger partial charge is 0.263 e. The van der Waals surface area contributed by atoms with E-state index in [2.05, 4.69) is 31.6 Å². The second kappa shape index (κ2) is 6.92. The zero-order chi connectivity index (χ0) is 19.0. The molecule has 0 spiro atoms. The molecule has 0 saturated carbocycles. The van der Waals surface area contributed by atoms with Crippen molar-refractivity contribution in [3.63, 3.8) is 0 Å². The molecule has 0 aliphatic carbocycles. The number of hydrogen-bond acceptors (Lipinski definition) is 6. The summed E-state index contributed by atoms with van der Waals surface area (Å²) in [5, 5.41) is 11.8. The molecule has 9 heteroatoms. The zero-order valence-corrected chi connectivity index (χ0v) is 15.5. The van der Waals surface area contributed by atoms with Gasteiger partial charge >= 0.3 is 0 Å². The molecule has 1 saturated heterocycles. The van der Waals surface area contributed by atoms with E-state index in [1.54, 1.807) is 54.6 Å². The summed E-state index contributed by atoms with van der Waals surface area (Å²) >= 11 is 3.33. The molecule has 2 aromatic carbocycles. The second-order valence-corrected chi connectivity index (χ2v) is 7.01. The van der Waals surface area contributed by atoms with Gasteiger partial charge in [0, 0.05) is 10.2 Å². The molecule has 8 nitrogen and oxygen atoms in total. The van der Waals surface area contributed by atoms with Gasteiger partial charge in [0.05, 0.1) is 5.69 Å². The van der Waals surface area contributed by atoms with E-state index in [4.69, 9.17) is 0 Å². The molecule has 4 rings (SSSR count). The molecule has 2 aromatic rings. The monoisotopic (exact) mass is 427 g/mol. The van der Waals surface area contributed by atoms with E-state index in [0.29, 0.717) is 11.4 Å². The Balaban J connectivity index is 1.47. The highest BCUT2D eigenvalue weighted by atomic mass is 79.9. The lowest BCUT2D eigenvalue weighted by Crippen LogP contribution is -2.43. The minimum absolute atomic E-state index is 0.178. The fourth-order valence-electron chi connectivity index (χ4n) is 3.07. The van der Waals surface area contributed by atoms with Crippen LogP contribution in [0.1, 0.15) is 0 Å². The van der Waals surface area contributed by atoms with Crippen molar-refractivity contribution in [1.29, 1.82) is 0 Å². The number of halogens is 1. The number of hydrogen-bond donors (Lipinski definition) is 1. The third kappa shape index (κ3) is 3.21. The van der Waals surface area contributed by atoms with Crippen molar-refractivity contribution in [2.24, 2.45) is 10.3 Å². The van der Waals surface area contributed by atoms with Crippen molar-refractivity contribution in [3.05, 3.63) is 59.1 Å². The molecule has 2 aliphatic rings. The number of rotatable bonds is 4. The number of amides is 3. The molecule has 0 aromatic heterocycles. The molecule has 0 radical (unpaired) electrons. The van der Waals surface area contributed by atoms with Crippen LogP contribution < -0.4 is 10.2 Å². The van der Waals surface area contributed by atoms with Crippen molar-refractivity contribution < 1.29 is 14.4 Å². The SMILES string of the molecule is O=C(CN1N=N[C@H]2C(=O)N(c3ccccc3)C(=O)[C@H]21)Nc1ccc(Br)cc1. The Morgan fingerprint density at radius 1 is 1.04 bits per heavy atom. The summed E-state index contributed by atoms with van der Waals surface area (Å²) in [6.45, 7) is -0.178. The van der Waals surface area contributed by atoms with Crippen molar-refractivity contribution >= 4 is 45.0 Å². The summed E-state index contributed by atoms with van der Waals surface area (Å²) in [6.07, 6.45) is 0. The molecule has 1 N–H and O–H groups in total. The van der Waals surface area contributed by atoms with Gasteiger partial charge < -0.3 is 5.32 Å². The number of nitrogens with zero attached hydrogens (tertiary/aromatic N) is 4. The third-order valence-corrected chi connectivity index (χ3v) is 4.83. The minimum atomic E-state index is -0.918. The van der Waals surface area contributed by atoms with Crippen molar-refractivity contribution in [2.75, 3.05) is 16.8 Å². The summed E-state index contributed by atoms with van der Waals surface area (Å²) in [4.78, 5) is 38.8. The third-order valence-electron chi connectivity index (χ3n) is 4.31. The van der Waals surface area contributed by atoms with Crippen LogP contribution in [0.5, 0.6) is 0 Å². The first-order valence-electron chi connectivity index (χ1n) is 8.20. The number of para-hydroxylation sites is 1. The Morgan fingerprint density at radius 2 is 1.74 bits per heavy atom. The molecule has 0 unspecified atom stereocenters. The number of fused-ring (bicyclic) bond motifs is 1. The van der Waals surface area contributed by atoms with Crippen LogP contribution >= 0.6 is 15.9 Å². The van der Waals surface area contributed by atoms with Gasteiger partial charge in [-0.2, -0.15) is 5.11 Å². The van der Waals surface area contributed by atoms with Gasteiger partial charge in [-0.3, -0.25) is 19.4 Å². The number of benzene rings is 2. The number of carbonyl (C=O) groups is 3. The van der Waals surface area contributed by atoms with E-state index in [-0.39, 0.29) is 12.5 Å². The fraction of sp³-hybridized carbons (Fsp3) is 0.167. The highest BCUT2D eigenvalue weighted by Crippen LogP contribution is 2.31. The van der Waals surface area contributed by atoms with Gasteiger partial charge in [0.1, 0.15) is 6.54 Å². The van der Waals surface area contributed by atoms with Gasteiger partial charge in [-0.1, -0.05) is 39.4 Å². The topological polar surface area (TPSA) is 94.4 Å². The van der Waals surface area contributed by atoms with Crippen molar-refractivity contribution in [3.8, 4) is 0 Å². The molecular formula is C18H14BrN5O3. The normalized spacial score (nSPS) is 20.9. The quantitative estimate of drug-likeness (QED) is 0.757. The Morgan fingerprint density at radius 3 is 2.44 bits per heavy atom. The van der Waals surface area contributed by atoms with Crippen LogP contribution in [0.3, 0.4) is 0 Å². The van der Waals surface area contributed by atoms with Crippen LogP contribution in [0.2, 0.25) is 0 Å². The van der Waals surface area contributed by atoms with E-state index in [9.17, 15) is 14.4 Å². The lowest BCUT2D eigenvalue weighted by molar-refractivity contribution is -0.123.